The predicted molar refractivity (Wildman–Crippen MR) is 65.8 cm³/mol. The van der Waals surface area contributed by atoms with Crippen molar-refractivity contribution in [2.75, 3.05) is 18.0 Å². The topological polar surface area (TPSA) is 69.0 Å². The van der Waals surface area contributed by atoms with Crippen molar-refractivity contribution < 1.29 is 4.79 Å². The molecular formula is C13H14N4O. The van der Waals surface area contributed by atoms with Crippen LogP contribution in [0, 0.1) is 17.2 Å². The van der Waals surface area contributed by atoms with Crippen LogP contribution in [-0.2, 0) is 4.79 Å². The van der Waals surface area contributed by atoms with Crippen LogP contribution in [0.5, 0.6) is 0 Å². The second-order valence-electron chi connectivity index (χ2n) is 4.76. The molecule has 5 nitrogen and oxygen atoms in total. The zero-order chi connectivity index (χ0) is 12.5. The number of amides is 1. The van der Waals surface area contributed by atoms with E-state index in [2.05, 4.69) is 21.3 Å². The Balaban J connectivity index is 1.96. The number of hydrogen-bond acceptors (Lipinski definition) is 4. The van der Waals surface area contributed by atoms with Crippen molar-refractivity contribution in [3.05, 3.63) is 24.0 Å². The highest BCUT2D eigenvalue weighted by Crippen LogP contribution is 2.32. The third kappa shape index (κ3) is 1.61. The van der Waals surface area contributed by atoms with Crippen molar-refractivity contribution in [3.63, 3.8) is 0 Å². The third-order valence-electron chi connectivity index (χ3n) is 3.83. The van der Waals surface area contributed by atoms with E-state index in [0.717, 1.165) is 25.1 Å². The number of fused-ring (bicyclic) bond motifs is 1. The zero-order valence-electron chi connectivity index (χ0n) is 9.97. The molecule has 5 heteroatoms. The van der Waals surface area contributed by atoms with Gasteiger partial charge in [0, 0.05) is 19.3 Å². The van der Waals surface area contributed by atoms with Gasteiger partial charge in [-0.15, -0.1) is 0 Å². The molecule has 1 aromatic rings. The highest BCUT2D eigenvalue weighted by molar-refractivity contribution is 5.83. The number of aromatic nitrogens is 1. The van der Waals surface area contributed by atoms with Crippen molar-refractivity contribution in [2.45, 2.75) is 18.9 Å². The molecule has 2 fully saturated rings. The molecule has 0 spiro atoms. The van der Waals surface area contributed by atoms with E-state index in [0.29, 0.717) is 12.1 Å². The van der Waals surface area contributed by atoms with Crippen molar-refractivity contribution in [3.8, 4) is 6.07 Å². The Bertz CT molecular complexity index is 522. The summed E-state index contributed by atoms with van der Waals surface area (Å²) in [6.45, 7) is 1.56. The molecule has 0 radical (unpaired) electrons. The molecule has 2 atom stereocenters. The van der Waals surface area contributed by atoms with Crippen LogP contribution >= 0.6 is 0 Å². The maximum absolute atomic E-state index is 11.7. The number of nitrogens with one attached hydrogen (secondary N) is 1. The summed E-state index contributed by atoms with van der Waals surface area (Å²) in [5, 5.41) is 12.1. The van der Waals surface area contributed by atoms with Crippen LogP contribution in [0.3, 0.4) is 0 Å². The van der Waals surface area contributed by atoms with E-state index < -0.39 is 0 Å². The van der Waals surface area contributed by atoms with E-state index >= 15 is 0 Å². The van der Waals surface area contributed by atoms with Gasteiger partial charge in [-0.2, -0.15) is 5.26 Å². The number of pyridine rings is 1. The van der Waals surface area contributed by atoms with Crippen LogP contribution < -0.4 is 10.2 Å². The Morgan fingerprint density at radius 3 is 3.28 bits per heavy atom. The molecule has 0 aromatic carbocycles. The van der Waals surface area contributed by atoms with Gasteiger partial charge in [0.05, 0.1) is 29.4 Å². The number of nitrogens with zero attached hydrogens (tertiary/aromatic N) is 3. The Kier molecular flexibility index (Phi) is 2.63. The van der Waals surface area contributed by atoms with E-state index in [1.807, 2.05) is 0 Å². The fourth-order valence-electron chi connectivity index (χ4n) is 2.96. The van der Waals surface area contributed by atoms with Gasteiger partial charge in [0.15, 0.2) is 0 Å². The van der Waals surface area contributed by atoms with E-state index in [-0.39, 0.29) is 17.9 Å². The second kappa shape index (κ2) is 4.30. The maximum Gasteiger partial charge on any atom is 0.225 e. The van der Waals surface area contributed by atoms with Gasteiger partial charge in [0.25, 0.3) is 0 Å². The molecule has 92 valence electrons. The average molecular weight is 242 g/mol. The summed E-state index contributed by atoms with van der Waals surface area (Å²) in [6, 6.07) is 4.09. The number of anilines is 1. The van der Waals surface area contributed by atoms with Crippen LogP contribution in [0.15, 0.2) is 18.5 Å². The van der Waals surface area contributed by atoms with Gasteiger partial charge in [-0.1, -0.05) is 0 Å². The first kappa shape index (κ1) is 11.0. The lowest BCUT2D eigenvalue weighted by Gasteiger charge is -2.37. The Labute approximate surface area is 105 Å². The fourth-order valence-corrected chi connectivity index (χ4v) is 2.96. The lowest BCUT2D eigenvalue weighted by Crippen LogP contribution is -2.46. The molecule has 1 amide bonds. The second-order valence-corrected chi connectivity index (χ2v) is 4.76. The summed E-state index contributed by atoms with van der Waals surface area (Å²) in [5.41, 5.74) is 1.48. The number of rotatable bonds is 1. The van der Waals surface area contributed by atoms with Crippen LogP contribution in [0.2, 0.25) is 0 Å². The third-order valence-corrected chi connectivity index (χ3v) is 3.83. The molecule has 0 aliphatic carbocycles. The largest absolute Gasteiger partial charge is 0.364 e. The summed E-state index contributed by atoms with van der Waals surface area (Å²) in [6.07, 6.45) is 5.27. The van der Waals surface area contributed by atoms with Gasteiger partial charge < -0.3 is 10.2 Å². The molecule has 2 saturated heterocycles. The van der Waals surface area contributed by atoms with Crippen LogP contribution in [0.1, 0.15) is 18.4 Å². The SMILES string of the molecule is N#Cc1ccncc1N1CCCC2C(=O)NCC21. The van der Waals surface area contributed by atoms with Gasteiger partial charge in [0.1, 0.15) is 6.07 Å². The first-order chi connectivity index (χ1) is 8.81. The smallest absolute Gasteiger partial charge is 0.225 e. The minimum absolute atomic E-state index is 0.0606. The molecule has 2 aliphatic heterocycles. The number of piperidine rings is 1. The quantitative estimate of drug-likeness (QED) is 0.785. The van der Waals surface area contributed by atoms with Crippen LogP contribution in [0.25, 0.3) is 0 Å². The van der Waals surface area contributed by atoms with E-state index in [1.165, 1.54) is 0 Å². The monoisotopic (exact) mass is 242 g/mol. The molecule has 2 unspecified atom stereocenters. The summed E-state index contributed by atoms with van der Waals surface area (Å²) in [4.78, 5) is 18.0. The minimum atomic E-state index is 0.0606. The molecular weight excluding hydrogens is 228 g/mol. The van der Waals surface area contributed by atoms with Crippen LogP contribution in [0.4, 0.5) is 5.69 Å². The molecule has 3 rings (SSSR count). The Morgan fingerprint density at radius 1 is 1.56 bits per heavy atom. The first-order valence-corrected chi connectivity index (χ1v) is 6.19. The van der Waals surface area contributed by atoms with Crippen molar-refractivity contribution in [1.29, 1.82) is 5.26 Å². The first-order valence-electron chi connectivity index (χ1n) is 6.19. The highest BCUT2D eigenvalue weighted by atomic mass is 16.2. The van der Waals surface area contributed by atoms with Gasteiger partial charge in [-0.25, -0.2) is 0 Å². The van der Waals surface area contributed by atoms with Crippen molar-refractivity contribution in [1.82, 2.24) is 10.3 Å². The number of hydrogen-bond donors (Lipinski definition) is 1. The van der Waals surface area contributed by atoms with E-state index in [9.17, 15) is 4.79 Å². The molecule has 0 bridgehead atoms. The van der Waals surface area contributed by atoms with Gasteiger partial charge in [0.2, 0.25) is 5.91 Å². The lowest BCUT2D eigenvalue weighted by atomic mass is 9.91. The summed E-state index contributed by atoms with van der Waals surface area (Å²) in [7, 11) is 0. The molecule has 1 N–H and O–H groups in total. The highest BCUT2D eigenvalue weighted by Gasteiger charge is 2.41. The van der Waals surface area contributed by atoms with Gasteiger partial charge in [-0.05, 0) is 18.9 Å². The normalized spacial score (nSPS) is 26.4. The number of carbonyl (C=O) groups excluding carboxylic acids is 1. The maximum atomic E-state index is 11.7. The predicted octanol–water partition coefficient (Wildman–Crippen LogP) is 0.668. The lowest BCUT2D eigenvalue weighted by molar-refractivity contribution is -0.122. The minimum Gasteiger partial charge on any atom is -0.364 e. The van der Waals surface area contributed by atoms with Gasteiger partial charge >= 0.3 is 0 Å². The molecule has 1 aromatic heterocycles. The van der Waals surface area contributed by atoms with Crippen molar-refractivity contribution >= 4 is 11.6 Å². The summed E-state index contributed by atoms with van der Waals surface area (Å²) >= 11 is 0. The standard InChI is InChI=1S/C13H14N4O/c14-6-9-3-4-15-7-11(9)17-5-1-2-10-12(17)8-16-13(10)18/h3-4,7,10,12H,1-2,5,8H2,(H,16,18). The van der Waals surface area contributed by atoms with Gasteiger partial charge in [-0.3, -0.25) is 9.78 Å². The fraction of sp³-hybridized carbons (Fsp3) is 0.462. The molecule has 0 saturated carbocycles. The zero-order valence-corrected chi connectivity index (χ0v) is 9.97. The summed E-state index contributed by atoms with van der Waals surface area (Å²) in [5.74, 6) is 0.206. The molecule has 2 aliphatic rings. The number of carbonyl (C=O) groups is 1. The Morgan fingerprint density at radius 2 is 2.44 bits per heavy atom. The molecule has 3 heterocycles. The average Bonchev–Trinajstić information content (AvgIpc) is 2.81. The van der Waals surface area contributed by atoms with E-state index in [1.54, 1.807) is 18.5 Å². The molecule has 18 heavy (non-hydrogen) atoms. The summed E-state index contributed by atoms with van der Waals surface area (Å²) < 4.78 is 0. The Hall–Kier alpha value is -2.09. The van der Waals surface area contributed by atoms with Crippen molar-refractivity contribution in [2.24, 2.45) is 5.92 Å². The number of nitriles is 1. The van der Waals surface area contributed by atoms with Crippen LogP contribution in [-0.4, -0.2) is 30.0 Å². The van der Waals surface area contributed by atoms with E-state index in [4.69, 9.17) is 5.26 Å².